The Morgan fingerprint density at radius 1 is 1.24 bits per heavy atom. The molecule has 136 valence electrons. The fraction of sp³-hybridized carbons (Fsp3) is 0.412. The van der Waals surface area contributed by atoms with E-state index in [1.165, 1.54) is 11.0 Å². The van der Waals surface area contributed by atoms with E-state index in [1.807, 2.05) is 0 Å². The zero-order valence-corrected chi connectivity index (χ0v) is 15.9. The number of halogens is 4. The number of carbonyl (C=O) groups excluding carboxylic acids is 1. The third-order valence-corrected chi connectivity index (χ3v) is 4.39. The first-order chi connectivity index (χ1) is 11.5. The lowest BCUT2D eigenvalue weighted by molar-refractivity contribution is -0.142. The maximum absolute atomic E-state index is 13.7. The van der Waals surface area contributed by atoms with Crippen LogP contribution in [0.3, 0.4) is 0 Å². The predicted octanol–water partition coefficient (Wildman–Crippen LogP) is 4.91. The zero-order valence-electron chi connectivity index (χ0n) is 14.4. The van der Waals surface area contributed by atoms with Crippen LogP contribution >= 0.6 is 15.9 Å². The molecule has 0 bridgehead atoms. The second kappa shape index (κ2) is 6.82. The lowest BCUT2D eigenvalue weighted by Crippen LogP contribution is -2.46. The summed E-state index contributed by atoms with van der Waals surface area (Å²) in [7, 11) is 0. The smallest absolute Gasteiger partial charge is 0.333 e. The summed E-state index contributed by atoms with van der Waals surface area (Å²) in [4.78, 5) is 17.9. The molecule has 0 N–H and O–H groups in total. The van der Waals surface area contributed by atoms with Gasteiger partial charge in [-0.05, 0) is 55.8 Å². The van der Waals surface area contributed by atoms with Gasteiger partial charge in [0, 0.05) is 16.6 Å². The molecule has 1 amide bonds. The Balaban J connectivity index is 2.66. The first-order valence-corrected chi connectivity index (χ1v) is 8.49. The highest BCUT2D eigenvalue weighted by Crippen LogP contribution is 2.36. The maximum atomic E-state index is 13.7. The largest absolute Gasteiger partial charge is 0.434 e. The molecule has 0 unspecified atom stereocenters. The van der Waals surface area contributed by atoms with E-state index in [1.54, 1.807) is 45.9 Å². The molecular formula is C17H19BrF3N3O. The van der Waals surface area contributed by atoms with Crippen LogP contribution in [-0.4, -0.2) is 32.4 Å². The molecule has 1 aromatic heterocycles. The van der Waals surface area contributed by atoms with Gasteiger partial charge >= 0.3 is 6.18 Å². The van der Waals surface area contributed by atoms with E-state index in [9.17, 15) is 18.0 Å². The van der Waals surface area contributed by atoms with Crippen LogP contribution in [0.15, 0.2) is 35.1 Å². The molecule has 0 fully saturated rings. The molecule has 0 spiro atoms. The molecule has 2 rings (SSSR count). The minimum Gasteiger partial charge on any atom is -0.333 e. The van der Waals surface area contributed by atoms with E-state index in [0.29, 0.717) is 4.47 Å². The van der Waals surface area contributed by atoms with Crippen molar-refractivity contribution in [2.24, 2.45) is 0 Å². The summed E-state index contributed by atoms with van der Waals surface area (Å²) in [6.45, 7) is 7.31. The number of amides is 1. The third kappa shape index (κ3) is 3.89. The first-order valence-electron chi connectivity index (χ1n) is 7.70. The summed E-state index contributed by atoms with van der Waals surface area (Å²) < 4.78 is 42.6. The van der Waals surface area contributed by atoms with Gasteiger partial charge in [0.25, 0.3) is 5.91 Å². The Hall–Kier alpha value is -1.83. The highest BCUT2D eigenvalue weighted by atomic mass is 79.9. The van der Waals surface area contributed by atoms with E-state index in [-0.39, 0.29) is 12.2 Å². The average Bonchev–Trinajstić information content (AvgIpc) is 2.91. The third-order valence-electron chi connectivity index (χ3n) is 3.72. The van der Waals surface area contributed by atoms with Gasteiger partial charge < -0.3 is 4.90 Å². The van der Waals surface area contributed by atoms with Gasteiger partial charge in [0.2, 0.25) is 0 Å². The molecule has 0 saturated carbocycles. The number of carbonyl (C=O) groups is 1. The highest BCUT2D eigenvalue weighted by Gasteiger charge is 2.42. The normalized spacial score (nSPS) is 12.3. The van der Waals surface area contributed by atoms with Crippen LogP contribution in [0.4, 0.5) is 13.2 Å². The van der Waals surface area contributed by atoms with Crippen LogP contribution in [0.2, 0.25) is 0 Å². The summed E-state index contributed by atoms with van der Waals surface area (Å²) in [5.41, 5.74) is -2.03. The standard InChI is InChI=1S/C17H19BrF3N3O/c1-5-24(16(2,3)4)15(25)13-14(17(19,20)21)23(10-22-13)12-9-7-6-8-11(12)18/h6-10H,5H2,1-4H3. The van der Waals surface area contributed by atoms with E-state index >= 15 is 0 Å². The van der Waals surface area contributed by atoms with Crippen molar-refractivity contribution in [2.45, 2.75) is 39.4 Å². The molecule has 1 heterocycles. The van der Waals surface area contributed by atoms with Gasteiger partial charge in [-0.2, -0.15) is 13.2 Å². The van der Waals surface area contributed by atoms with Gasteiger partial charge in [0.05, 0.1) is 5.69 Å². The number of hydrogen-bond donors (Lipinski definition) is 0. The van der Waals surface area contributed by atoms with Crippen molar-refractivity contribution in [1.82, 2.24) is 14.5 Å². The summed E-state index contributed by atoms with van der Waals surface area (Å²) >= 11 is 3.24. The number of imidazole rings is 1. The zero-order chi connectivity index (χ0) is 19.0. The predicted molar refractivity (Wildman–Crippen MR) is 92.7 cm³/mol. The monoisotopic (exact) mass is 417 g/mol. The van der Waals surface area contributed by atoms with Crippen LogP contribution in [0, 0.1) is 0 Å². The van der Waals surface area contributed by atoms with Crippen molar-refractivity contribution >= 4 is 21.8 Å². The van der Waals surface area contributed by atoms with Crippen molar-refractivity contribution in [2.75, 3.05) is 6.54 Å². The molecule has 0 atom stereocenters. The van der Waals surface area contributed by atoms with Crippen molar-refractivity contribution < 1.29 is 18.0 Å². The van der Waals surface area contributed by atoms with Gasteiger partial charge in [-0.3, -0.25) is 9.36 Å². The Labute approximate surface area is 152 Å². The van der Waals surface area contributed by atoms with E-state index in [4.69, 9.17) is 0 Å². The van der Waals surface area contributed by atoms with Crippen molar-refractivity contribution in [3.63, 3.8) is 0 Å². The molecule has 0 aliphatic carbocycles. The number of benzene rings is 1. The van der Waals surface area contributed by atoms with Crippen LogP contribution in [0.1, 0.15) is 43.9 Å². The summed E-state index contributed by atoms with van der Waals surface area (Å²) in [5, 5.41) is 0. The summed E-state index contributed by atoms with van der Waals surface area (Å²) in [6.07, 6.45) is -3.69. The number of para-hydroxylation sites is 1. The molecular weight excluding hydrogens is 399 g/mol. The van der Waals surface area contributed by atoms with Gasteiger partial charge in [0.15, 0.2) is 11.4 Å². The highest BCUT2D eigenvalue weighted by molar-refractivity contribution is 9.10. The second-order valence-corrected chi connectivity index (χ2v) is 7.34. The second-order valence-electron chi connectivity index (χ2n) is 6.48. The Morgan fingerprint density at radius 3 is 2.32 bits per heavy atom. The number of nitrogens with zero attached hydrogens (tertiary/aromatic N) is 3. The van der Waals surface area contributed by atoms with Crippen molar-refractivity contribution in [3.05, 3.63) is 46.5 Å². The van der Waals surface area contributed by atoms with Crippen molar-refractivity contribution in [1.29, 1.82) is 0 Å². The van der Waals surface area contributed by atoms with Crippen LogP contribution in [-0.2, 0) is 6.18 Å². The Kier molecular flexibility index (Phi) is 5.32. The molecule has 0 saturated heterocycles. The molecule has 8 heteroatoms. The molecule has 1 aromatic carbocycles. The minimum absolute atomic E-state index is 0.264. The number of rotatable bonds is 3. The lowest BCUT2D eigenvalue weighted by atomic mass is 10.1. The molecule has 2 aromatic rings. The fourth-order valence-electron chi connectivity index (χ4n) is 2.66. The SMILES string of the molecule is CCN(C(=O)c1ncn(-c2ccccc2Br)c1C(F)(F)F)C(C)(C)C. The first kappa shape index (κ1) is 19.5. The van der Waals surface area contributed by atoms with Gasteiger partial charge in [-0.25, -0.2) is 4.98 Å². The molecule has 0 aliphatic rings. The van der Waals surface area contributed by atoms with E-state index < -0.39 is 29.0 Å². The molecule has 0 radical (unpaired) electrons. The number of alkyl halides is 3. The summed E-state index contributed by atoms with van der Waals surface area (Å²) in [5.74, 6) is -0.742. The maximum Gasteiger partial charge on any atom is 0.434 e. The summed E-state index contributed by atoms with van der Waals surface area (Å²) in [6, 6.07) is 6.47. The van der Waals surface area contributed by atoms with Gasteiger partial charge in [-0.1, -0.05) is 12.1 Å². The minimum atomic E-state index is -4.73. The molecule has 25 heavy (non-hydrogen) atoms. The average molecular weight is 418 g/mol. The van der Waals surface area contributed by atoms with Gasteiger partial charge in [-0.15, -0.1) is 0 Å². The van der Waals surface area contributed by atoms with E-state index in [2.05, 4.69) is 20.9 Å². The molecule has 0 aliphatic heterocycles. The quantitative estimate of drug-likeness (QED) is 0.710. The van der Waals surface area contributed by atoms with Crippen molar-refractivity contribution in [3.8, 4) is 5.69 Å². The van der Waals surface area contributed by atoms with Crippen LogP contribution < -0.4 is 0 Å². The van der Waals surface area contributed by atoms with Crippen LogP contribution in [0.5, 0.6) is 0 Å². The van der Waals surface area contributed by atoms with E-state index in [0.717, 1.165) is 10.9 Å². The van der Waals surface area contributed by atoms with Gasteiger partial charge in [0.1, 0.15) is 6.33 Å². The number of hydrogen-bond acceptors (Lipinski definition) is 2. The van der Waals surface area contributed by atoms with Crippen LogP contribution in [0.25, 0.3) is 5.69 Å². The number of aromatic nitrogens is 2. The lowest BCUT2D eigenvalue weighted by Gasteiger charge is -2.34. The Morgan fingerprint density at radius 2 is 1.84 bits per heavy atom. The topological polar surface area (TPSA) is 38.1 Å². The Bertz CT molecular complexity index is 778. The molecule has 4 nitrogen and oxygen atoms in total. The fourth-order valence-corrected chi connectivity index (χ4v) is 3.13.